The lowest BCUT2D eigenvalue weighted by Crippen LogP contribution is -2.51. The molecule has 1 rings (SSSR count). The molecule has 2 atom stereocenters. The Hall–Kier alpha value is -2.08. The zero-order valence-corrected chi connectivity index (χ0v) is 11.1. The smallest absolute Gasteiger partial charge is 0.328 e. The summed E-state index contributed by atoms with van der Waals surface area (Å²) in [7, 11) is 1.54. The molecule has 0 aliphatic rings. The molecule has 0 fully saturated rings. The van der Waals surface area contributed by atoms with Gasteiger partial charge in [0.15, 0.2) is 6.04 Å². The standard InChI is InChI=1S/C13H18N2O4/c1-8-6-4-5-7-10(8)15(3)13(19)14-11(9(2)16)12(17)18/h4-7,9,11,16H,1-3H3,(H,14,19)(H,17,18). The fourth-order valence-corrected chi connectivity index (χ4v) is 1.67. The first-order valence-corrected chi connectivity index (χ1v) is 5.85. The molecule has 0 bridgehead atoms. The van der Waals surface area contributed by atoms with Gasteiger partial charge in [0.2, 0.25) is 0 Å². The van der Waals surface area contributed by atoms with Crippen LogP contribution in [0.25, 0.3) is 0 Å². The van der Waals surface area contributed by atoms with Gasteiger partial charge in [0.25, 0.3) is 0 Å². The number of hydrogen-bond donors (Lipinski definition) is 3. The first-order valence-electron chi connectivity index (χ1n) is 5.85. The van der Waals surface area contributed by atoms with Crippen molar-refractivity contribution >= 4 is 17.7 Å². The highest BCUT2D eigenvalue weighted by atomic mass is 16.4. The minimum Gasteiger partial charge on any atom is -0.480 e. The molecule has 0 heterocycles. The third-order valence-corrected chi connectivity index (χ3v) is 2.81. The van der Waals surface area contributed by atoms with Crippen molar-refractivity contribution in [3.63, 3.8) is 0 Å². The van der Waals surface area contributed by atoms with Crippen LogP contribution in [0.4, 0.5) is 10.5 Å². The molecule has 19 heavy (non-hydrogen) atoms. The minimum atomic E-state index is -1.33. The summed E-state index contributed by atoms with van der Waals surface area (Å²) in [6.45, 7) is 3.16. The summed E-state index contributed by atoms with van der Waals surface area (Å²) in [5, 5.41) is 20.5. The minimum absolute atomic E-state index is 0.581. The third kappa shape index (κ3) is 3.69. The molecule has 104 valence electrons. The largest absolute Gasteiger partial charge is 0.480 e. The van der Waals surface area contributed by atoms with Crippen LogP contribution in [0.3, 0.4) is 0 Å². The molecule has 6 heteroatoms. The molecule has 2 unspecified atom stereocenters. The number of carbonyl (C=O) groups is 2. The van der Waals surface area contributed by atoms with Gasteiger partial charge in [0, 0.05) is 12.7 Å². The molecule has 1 aromatic rings. The number of para-hydroxylation sites is 1. The normalized spacial score (nSPS) is 13.5. The predicted octanol–water partition coefficient (Wildman–Crippen LogP) is 0.975. The Bertz CT molecular complexity index is 473. The van der Waals surface area contributed by atoms with Crippen LogP contribution in [0.15, 0.2) is 24.3 Å². The van der Waals surface area contributed by atoms with Crippen molar-refractivity contribution in [3.8, 4) is 0 Å². The van der Waals surface area contributed by atoms with Crippen LogP contribution in [-0.2, 0) is 4.79 Å². The Morgan fingerprint density at radius 1 is 1.32 bits per heavy atom. The van der Waals surface area contributed by atoms with E-state index in [4.69, 9.17) is 5.11 Å². The van der Waals surface area contributed by atoms with Crippen molar-refractivity contribution in [2.24, 2.45) is 0 Å². The van der Waals surface area contributed by atoms with Crippen LogP contribution in [0.5, 0.6) is 0 Å². The highest BCUT2D eigenvalue weighted by molar-refractivity contribution is 5.94. The van der Waals surface area contributed by atoms with Crippen molar-refractivity contribution in [2.45, 2.75) is 26.0 Å². The van der Waals surface area contributed by atoms with Crippen LogP contribution >= 0.6 is 0 Å². The van der Waals surface area contributed by atoms with E-state index in [0.717, 1.165) is 5.56 Å². The number of rotatable bonds is 4. The van der Waals surface area contributed by atoms with E-state index in [2.05, 4.69) is 5.32 Å². The number of aliphatic hydroxyl groups excluding tert-OH is 1. The topological polar surface area (TPSA) is 89.9 Å². The molecular weight excluding hydrogens is 248 g/mol. The Balaban J connectivity index is 2.83. The Morgan fingerprint density at radius 3 is 2.37 bits per heavy atom. The SMILES string of the molecule is Cc1ccccc1N(C)C(=O)NC(C(=O)O)C(C)O. The number of nitrogens with one attached hydrogen (secondary N) is 1. The quantitative estimate of drug-likeness (QED) is 0.757. The number of aliphatic carboxylic acids is 1. The summed E-state index contributed by atoms with van der Waals surface area (Å²) in [6, 6.07) is 5.33. The maximum Gasteiger partial charge on any atom is 0.328 e. The summed E-state index contributed by atoms with van der Waals surface area (Å²) >= 11 is 0. The number of carbonyl (C=O) groups excluding carboxylic acids is 1. The van der Waals surface area contributed by atoms with E-state index in [1.165, 1.54) is 11.8 Å². The van der Waals surface area contributed by atoms with Crippen molar-refractivity contribution < 1.29 is 19.8 Å². The zero-order valence-electron chi connectivity index (χ0n) is 11.1. The Morgan fingerprint density at radius 2 is 1.89 bits per heavy atom. The highest BCUT2D eigenvalue weighted by Gasteiger charge is 2.26. The van der Waals surface area contributed by atoms with Crippen molar-refractivity contribution in [3.05, 3.63) is 29.8 Å². The van der Waals surface area contributed by atoms with Crippen molar-refractivity contribution in [2.75, 3.05) is 11.9 Å². The molecule has 0 radical (unpaired) electrons. The molecule has 2 amide bonds. The van der Waals surface area contributed by atoms with Crippen LogP contribution < -0.4 is 10.2 Å². The average molecular weight is 266 g/mol. The van der Waals surface area contributed by atoms with Gasteiger partial charge in [-0.2, -0.15) is 0 Å². The number of benzene rings is 1. The fourth-order valence-electron chi connectivity index (χ4n) is 1.67. The van der Waals surface area contributed by atoms with Gasteiger partial charge >= 0.3 is 12.0 Å². The van der Waals surface area contributed by atoms with Gasteiger partial charge in [-0.15, -0.1) is 0 Å². The fraction of sp³-hybridized carbons (Fsp3) is 0.385. The molecule has 0 aromatic heterocycles. The van der Waals surface area contributed by atoms with E-state index in [0.29, 0.717) is 5.69 Å². The number of amides is 2. The summed E-state index contributed by atoms with van der Waals surface area (Å²) in [5.41, 5.74) is 1.57. The Labute approximate surface area is 111 Å². The van der Waals surface area contributed by atoms with Crippen molar-refractivity contribution in [1.82, 2.24) is 5.32 Å². The first kappa shape index (κ1) is 15.0. The summed E-state index contributed by atoms with van der Waals surface area (Å²) in [5.74, 6) is -1.28. The Kier molecular flexibility index (Phi) is 4.88. The number of aryl methyl sites for hydroxylation is 1. The van der Waals surface area contributed by atoms with Crippen LogP contribution in [0.2, 0.25) is 0 Å². The van der Waals surface area contributed by atoms with Gasteiger partial charge in [-0.05, 0) is 25.5 Å². The van der Waals surface area contributed by atoms with Gasteiger partial charge in [0.05, 0.1) is 6.10 Å². The molecule has 0 aliphatic heterocycles. The second-order valence-electron chi connectivity index (χ2n) is 4.35. The number of urea groups is 1. The second kappa shape index (κ2) is 6.19. The number of carboxylic acid groups (broad SMARTS) is 1. The van der Waals surface area contributed by atoms with Crippen LogP contribution in [0, 0.1) is 6.92 Å². The number of nitrogens with zero attached hydrogens (tertiary/aromatic N) is 1. The van der Waals surface area contributed by atoms with E-state index in [1.807, 2.05) is 19.1 Å². The number of carboxylic acids is 1. The maximum absolute atomic E-state index is 12.0. The first-order chi connectivity index (χ1) is 8.84. The predicted molar refractivity (Wildman–Crippen MR) is 71.2 cm³/mol. The molecule has 0 spiro atoms. The lowest BCUT2D eigenvalue weighted by atomic mass is 10.2. The average Bonchev–Trinajstić information content (AvgIpc) is 2.34. The summed E-state index contributed by atoms with van der Waals surface area (Å²) < 4.78 is 0. The van der Waals surface area contributed by atoms with Gasteiger partial charge in [-0.3, -0.25) is 4.90 Å². The van der Waals surface area contributed by atoms with Crippen LogP contribution in [0.1, 0.15) is 12.5 Å². The van der Waals surface area contributed by atoms with Gasteiger partial charge in [0.1, 0.15) is 0 Å². The summed E-state index contributed by atoms with van der Waals surface area (Å²) in [4.78, 5) is 24.2. The number of hydrogen-bond acceptors (Lipinski definition) is 3. The second-order valence-corrected chi connectivity index (χ2v) is 4.35. The van der Waals surface area contributed by atoms with E-state index in [-0.39, 0.29) is 0 Å². The van der Waals surface area contributed by atoms with E-state index in [9.17, 15) is 14.7 Å². The van der Waals surface area contributed by atoms with Gasteiger partial charge in [-0.1, -0.05) is 18.2 Å². The number of anilines is 1. The zero-order chi connectivity index (χ0) is 14.6. The third-order valence-electron chi connectivity index (χ3n) is 2.81. The van der Waals surface area contributed by atoms with Gasteiger partial charge in [-0.25, -0.2) is 9.59 Å². The molecule has 0 aliphatic carbocycles. The summed E-state index contributed by atoms with van der Waals surface area (Å²) in [6.07, 6.45) is -1.17. The van der Waals surface area contributed by atoms with Gasteiger partial charge < -0.3 is 15.5 Å². The molecule has 0 saturated carbocycles. The van der Waals surface area contributed by atoms with Crippen molar-refractivity contribution in [1.29, 1.82) is 0 Å². The monoisotopic (exact) mass is 266 g/mol. The molecular formula is C13H18N2O4. The van der Waals surface area contributed by atoms with E-state index in [1.54, 1.807) is 19.2 Å². The number of aliphatic hydroxyl groups is 1. The molecule has 1 aromatic carbocycles. The van der Waals surface area contributed by atoms with Crippen LogP contribution in [-0.4, -0.2) is 41.4 Å². The van der Waals surface area contributed by atoms with E-state index >= 15 is 0 Å². The molecule has 0 saturated heterocycles. The maximum atomic E-state index is 12.0. The highest BCUT2D eigenvalue weighted by Crippen LogP contribution is 2.17. The molecule has 3 N–H and O–H groups in total. The lowest BCUT2D eigenvalue weighted by Gasteiger charge is -2.23. The molecule has 6 nitrogen and oxygen atoms in total. The van der Waals surface area contributed by atoms with E-state index < -0.39 is 24.1 Å². The lowest BCUT2D eigenvalue weighted by molar-refractivity contribution is -0.141.